The minimum Gasteiger partial charge on any atom is -0.497 e. The van der Waals surface area contributed by atoms with Crippen molar-refractivity contribution in [3.63, 3.8) is 0 Å². The molecule has 0 atom stereocenters. The van der Waals surface area contributed by atoms with Crippen LogP contribution in [0.3, 0.4) is 0 Å². The fourth-order valence-corrected chi connectivity index (χ4v) is 2.16. The zero-order valence-corrected chi connectivity index (χ0v) is 11.7. The highest BCUT2D eigenvalue weighted by Crippen LogP contribution is 2.34. The van der Waals surface area contributed by atoms with Crippen LogP contribution in [-0.2, 0) is 6.54 Å². The van der Waals surface area contributed by atoms with Gasteiger partial charge in [0.2, 0.25) is 0 Å². The average molecular weight is 312 g/mol. The smallest absolute Gasteiger partial charge is 0.175 e. The van der Waals surface area contributed by atoms with E-state index in [1.807, 2.05) is 18.2 Å². The fourth-order valence-electron chi connectivity index (χ4n) is 1.74. The number of methoxy groups -OCH3 is 2. The Morgan fingerprint density at radius 2 is 2.11 bits per heavy atom. The van der Waals surface area contributed by atoms with Gasteiger partial charge in [-0.1, -0.05) is 0 Å². The molecule has 96 valence electrons. The summed E-state index contributed by atoms with van der Waals surface area (Å²) in [6, 6.07) is 5.58. The SMILES string of the molecule is COc1ccc(-c2nc(Br)[nH]c2CN)c(OC)c1. The van der Waals surface area contributed by atoms with Crippen molar-refractivity contribution < 1.29 is 9.47 Å². The Kier molecular flexibility index (Phi) is 3.88. The first-order chi connectivity index (χ1) is 8.69. The lowest BCUT2D eigenvalue weighted by atomic mass is 10.1. The molecule has 0 saturated heterocycles. The first-order valence-corrected chi connectivity index (χ1v) is 6.15. The third-order valence-corrected chi connectivity index (χ3v) is 2.99. The summed E-state index contributed by atoms with van der Waals surface area (Å²) in [5.41, 5.74) is 8.20. The van der Waals surface area contributed by atoms with Crippen LogP contribution in [0.4, 0.5) is 0 Å². The first kappa shape index (κ1) is 12.9. The van der Waals surface area contributed by atoms with E-state index >= 15 is 0 Å². The molecule has 0 aliphatic carbocycles. The van der Waals surface area contributed by atoms with Crippen molar-refractivity contribution in [1.29, 1.82) is 0 Å². The molecule has 2 rings (SSSR count). The van der Waals surface area contributed by atoms with Crippen molar-refractivity contribution in [3.05, 3.63) is 28.6 Å². The molecule has 0 saturated carbocycles. The molecular weight excluding hydrogens is 298 g/mol. The summed E-state index contributed by atoms with van der Waals surface area (Å²) in [4.78, 5) is 7.44. The van der Waals surface area contributed by atoms with Gasteiger partial charge in [0.25, 0.3) is 0 Å². The Morgan fingerprint density at radius 3 is 2.72 bits per heavy atom. The largest absolute Gasteiger partial charge is 0.497 e. The van der Waals surface area contributed by atoms with Crippen molar-refractivity contribution in [2.75, 3.05) is 14.2 Å². The van der Waals surface area contributed by atoms with Crippen molar-refractivity contribution >= 4 is 15.9 Å². The Bertz CT molecular complexity index is 554. The van der Waals surface area contributed by atoms with E-state index < -0.39 is 0 Å². The van der Waals surface area contributed by atoms with Crippen LogP contribution in [0, 0.1) is 0 Å². The number of H-pyrrole nitrogens is 1. The predicted octanol–water partition coefficient (Wildman–Crippen LogP) is 2.32. The second kappa shape index (κ2) is 5.41. The molecular formula is C12H14BrN3O2. The standard InChI is InChI=1S/C12H14BrN3O2/c1-17-7-3-4-8(10(5-7)18-2)11-9(6-14)15-12(13)16-11/h3-5H,6,14H2,1-2H3,(H,15,16). The molecule has 2 aromatic rings. The molecule has 0 amide bonds. The van der Waals surface area contributed by atoms with Gasteiger partial charge in [-0.3, -0.25) is 0 Å². The van der Waals surface area contributed by atoms with Crippen molar-refractivity contribution in [3.8, 4) is 22.8 Å². The van der Waals surface area contributed by atoms with Crippen molar-refractivity contribution in [2.24, 2.45) is 5.73 Å². The van der Waals surface area contributed by atoms with E-state index in [2.05, 4.69) is 25.9 Å². The third-order valence-electron chi connectivity index (χ3n) is 2.62. The monoisotopic (exact) mass is 311 g/mol. The topological polar surface area (TPSA) is 73.2 Å². The number of nitrogens with zero attached hydrogens (tertiary/aromatic N) is 1. The van der Waals surface area contributed by atoms with Crippen LogP contribution in [0.15, 0.2) is 22.9 Å². The van der Waals surface area contributed by atoms with Gasteiger partial charge in [-0.15, -0.1) is 0 Å². The summed E-state index contributed by atoms with van der Waals surface area (Å²) < 4.78 is 11.2. The summed E-state index contributed by atoms with van der Waals surface area (Å²) in [6.45, 7) is 0.378. The molecule has 1 aromatic carbocycles. The van der Waals surface area contributed by atoms with Gasteiger partial charge < -0.3 is 20.2 Å². The van der Waals surface area contributed by atoms with Crippen LogP contribution >= 0.6 is 15.9 Å². The zero-order valence-electron chi connectivity index (χ0n) is 10.2. The fraction of sp³-hybridized carbons (Fsp3) is 0.250. The average Bonchev–Trinajstić information content (AvgIpc) is 2.78. The normalized spacial score (nSPS) is 10.4. The van der Waals surface area contributed by atoms with E-state index in [1.54, 1.807) is 14.2 Å². The second-order valence-corrected chi connectivity index (χ2v) is 4.38. The van der Waals surface area contributed by atoms with Crippen LogP contribution in [-0.4, -0.2) is 24.2 Å². The van der Waals surface area contributed by atoms with E-state index in [-0.39, 0.29) is 0 Å². The maximum Gasteiger partial charge on any atom is 0.175 e. The number of aromatic nitrogens is 2. The van der Waals surface area contributed by atoms with Crippen LogP contribution in [0.2, 0.25) is 0 Å². The highest BCUT2D eigenvalue weighted by molar-refractivity contribution is 9.10. The molecule has 0 radical (unpaired) electrons. The number of hydrogen-bond acceptors (Lipinski definition) is 4. The molecule has 1 heterocycles. The van der Waals surface area contributed by atoms with E-state index in [4.69, 9.17) is 15.2 Å². The lowest BCUT2D eigenvalue weighted by molar-refractivity contribution is 0.395. The number of rotatable bonds is 4. The summed E-state index contributed by atoms with van der Waals surface area (Å²) >= 11 is 3.31. The van der Waals surface area contributed by atoms with Crippen molar-refractivity contribution in [2.45, 2.75) is 6.54 Å². The summed E-state index contributed by atoms with van der Waals surface area (Å²) in [7, 11) is 3.23. The number of benzene rings is 1. The number of hydrogen-bond donors (Lipinski definition) is 2. The Morgan fingerprint density at radius 1 is 1.33 bits per heavy atom. The number of nitrogens with one attached hydrogen (secondary N) is 1. The number of halogens is 1. The molecule has 0 fully saturated rings. The molecule has 0 aliphatic rings. The molecule has 0 unspecified atom stereocenters. The van der Waals surface area contributed by atoms with Gasteiger partial charge in [0.15, 0.2) is 4.73 Å². The lowest BCUT2D eigenvalue weighted by Gasteiger charge is -2.09. The van der Waals surface area contributed by atoms with E-state index in [1.165, 1.54) is 0 Å². The van der Waals surface area contributed by atoms with E-state index in [0.717, 1.165) is 22.7 Å². The van der Waals surface area contributed by atoms with E-state index in [0.29, 0.717) is 17.0 Å². The quantitative estimate of drug-likeness (QED) is 0.908. The molecule has 0 spiro atoms. The number of imidazole rings is 1. The lowest BCUT2D eigenvalue weighted by Crippen LogP contribution is -1.99. The first-order valence-electron chi connectivity index (χ1n) is 5.36. The van der Waals surface area contributed by atoms with Crippen LogP contribution < -0.4 is 15.2 Å². The zero-order chi connectivity index (χ0) is 13.1. The molecule has 5 nitrogen and oxygen atoms in total. The number of aromatic amines is 1. The van der Waals surface area contributed by atoms with Gasteiger partial charge in [-0.25, -0.2) is 4.98 Å². The summed E-state index contributed by atoms with van der Waals surface area (Å²) in [6.07, 6.45) is 0. The highest BCUT2D eigenvalue weighted by Gasteiger charge is 2.15. The molecule has 3 N–H and O–H groups in total. The third kappa shape index (κ3) is 2.34. The maximum atomic E-state index is 5.69. The summed E-state index contributed by atoms with van der Waals surface area (Å²) in [5, 5.41) is 0. The number of nitrogens with two attached hydrogens (primary N) is 1. The molecule has 6 heteroatoms. The minimum atomic E-state index is 0.378. The maximum absolute atomic E-state index is 5.69. The molecule has 1 aromatic heterocycles. The van der Waals surface area contributed by atoms with Crippen LogP contribution in [0.1, 0.15) is 5.69 Å². The van der Waals surface area contributed by atoms with Crippen LogP contribution in [0.25, 0.3) is 11.3 Å². The number of ether oxygens (including phenoxy) is 2. The molecule has 0 bridgehead atoms. The Labute approximate surface area is 113 Å². The second-order valence-electron chi connectivity index (χ2n) is 3.63. The van der Waals surface area contributed by atoms with Gasteiger partial charge in [-0.2, -0.15) is 0 Å². The molecule has 18 heavy (non-hydrogen) atoms. The van der Waals surface area contributed by atoms with Gasteiger partial charge in [0.1, 0.15) is 11.5 Å². The van der Waals surface area contributed by atoms with Gasteiger partial charge >= 0.3 is 0 Å². The highest BCUT2D eigenvalue weighted by atomic mass is 79.9. The van der Waals surface area contributed by atoms with Gasteiger partial charge in [0.05, 0.1) is 25.6 Å². The Balaban J connectivity index is 2.55. The minimum absolute atomic E-state index is 0.378. The molecule has 0 aliphatic heterocycles. The summed E-state index contributed by atoms with van der Waals surface area (Å²) in [5.74, 6) is 1.43. The van der Waals surface area contributed by atoms with Gasteiger partial charge in [0, 0.05) is 18.2 Å². The van der Waals surface area contributed by atoms with Crippen LogP contribution in [0.5, 0.6) is 11.5 Å². The Hall–Kier alpha value is -1.53. The van der Waals surface area contributed by atoms with E-state index in [9.17, 15) is 0 Å². The van der Waals surface area contributed by atoms with Gasteiger partial charge in [-0.05, 0) is 28.1 Å². The van der Waals surface area contributed by atoms with Crippen molar-refractivity contribution in [1.82, 2.24) is 9.97 Å². The predicted molar refractivity (Wildman–Crippen MR) is 72.7 cm³/mol.